The van der Waals surface area contributed by atoms with E-state index < -0.39 is 94.0 Å². The fourth-order valence-electron chi connectivity index (χ4n) is 9.16. The van der Waals surface area contributed by atoms with Gasteiger partial charge in [-0.1, -0.05) is 45.9 Å². The van der Waals surface area contributed by atoms with Crippen molar-refractivity contribution in [2.75, 3.05) is 6.61 Å². The lowest BCUT2D eigenvalue weighted by molar-refractivity contribution is -0.332. The van der Waals surface area contributed by atoms with Crippen LogP contribution in [0.4, 0.5) is 0 Å². The van der Waals surface area contributed by atoms with Gasteiger partial charge < -0.3 is 38.3 Å². The highest BCUT2D eigenvalue weighted by Crippen LogP contribution is 2.64. The van der Waals surface area contributed by atoms with E-state index in [0.717, 1.165) is 6.92 Å². The number of rotatable bonds is 8. The molecule has 0 amide bonds. The highest BCUT2D eigenvalue weighted by Gasteiger charge is 2.76. The van der Waals surface area contributed by atoms with Crippen LogP contribution in [0.3, 0.4) is 0 Å². The zero-order valence-electron chi connectivity index (χ0n) is 30.4. The molecule has 1 aromatic carbocycles. The lowest BCUT2D eigenvalue weighted by atomic mass is 9.45. The van der Waals surface area contributed by atoms with Gasteiger partial charge in [0.15, 0.2) is 23.6 Å². The average molecular weight is 723 g/mol. The standard InChI is InChI=1S/C39H46O13/c1-20-26(50-35(45)29(42)21(2)25-14-11-17-47-25)18-39(46)33(51-34(44)24-12-9-8-10-13-24)31-37(7,16-15-27-38(31,19-48-27)52-23(4)41)32(43)30(49-22(3)40)28(20)36(39,5)6/h8-14,17,21,26-27,29-31,33,42,46H,15-16,18-19H2,1-7H3/t21-,26?,27+,29+,30+,31-,33-,37+,38-,39+/m0/s1. The Balaban J connectivity index is 1.57. The maximum absolute atomic E-state index is 15.2. The largest absolute Gasteiger partial charge is 0.469 e. The number of fused-ring (bicyclic) bond motifs is 5. The monoisotopic (exact) mass is 722 g/mol. The van der Waals surface area contributed by atoms with E-state index in [-0.39, 0.29) is 37.0 Å². The van der Waals surface area contributed by atoms with Crippen molar-refractivity contribution in [2.45, 2.75) is 115 Å². The number of benzene rings is 1. The van der Waals surface area contributed by atoms with Gasteiger partial charge in [0.2, 0.25) is 0 Å². The maximum atomic E-state index is 15.2. The van der Waals surface area contributed by atoms with E-state index in [1.165, 1.54) is 13.2 Å². The van der Waals surface area contributed by atoms with Gasteiger partial charge in [-0.25, -0.2) is 9.59 Å². The summed E-state index contributed by atoms with van der Waals surface area (Å²) in [7, 11) is 0. The Morgan fingerprint density at radius 2 is 1.65 bits per heavy atom. The van der Waals surface area contributed by atoms with Gasteiger partial charge in [0, 0.05) is 31.1 Å². The summed E-state index contributed by atoms with van der Waals surface area (Å²) in [6.45, 7) is 10.4. The Kier molecular flexibility index (Phi) is 9.55. The summed E-state index contributed by atoms with van der Waals surface area (Å²) >= 11 is 0. The van der Waals surface area contributed by atoms with E-state index in [1.54, 1.807) is 77.1 Å². The van der Waals surface area contributed by atoms with Crippen molar-refractivity contribution in [3.63, 3.8) is 0 Å². The fourth-order valence-corrected chi connectivity index (χ4v) is 9.16. The van der Waals surface area contributed by atoms with Crippen LogP contribution in [0.1, 0.15) is 89.8 Å². The number of carbonyl (C=O) groups excluding carboxylic acids is 5. The molecule has 280 valence electrons. The van der Waals surface area contributed by atoms with Crippen LogP contribution in [0, 0.1) is 16.7 Å². The molecule has 2 heterocycles. The first-order valence-corrected chi connectivity index (χ1v) is 17.5. The molecule has 2 saturated carbocycles. The van der Waals surface area contributed by atoms with Crippen molar-refractivity contribution in [1.29, 1.82) is 0 Å². The van der Waals surface area contributed by atoms with Gasteiger partial charge in [0.05, 0.1) is 30.3 Å². The highest BCUT2D eigenvalue weighted by atomic mass is 16.6. The Hall–Kier alpha value is -4.33. The lowest BCUT2D eigenvalue weighted by Crippen LogP contribution is -2.79. The molecule has 3 aliphatic carbocycles. The summed E-state index contributed by atoms with van der Waals surface area (Å²) in [5.74, 6) is -5.55. The lowest BCUT2D eigenvalue weighted by Gasteiger charge is -2.66. The van der Waals surface area contributed by atoms with Gasteiger partial charge in [-0.2, -0.15) is 0 Å². The smallest absolute Gasteiger partial charge is 0.338 e. The highest BCUT2D eigenvalue weighted by molar-refractivity contribution is 5.95. The predicted octanol–water partition coefficient (Wildman–Crippen LogP) is 3.99. The van der Waals surface area contributed by atoms with Crippen LogP contribution in [0.5, 0.6) is 0 Å². The molecule has 3 fully saturated rings. The minimum atomic E-state index is -2.18. The maximum Gasteiger partial charge on any atom is 0.338 e. The summed E-state index contributed by atoms with van der Waals surface area (Å²) < 4.78 is 35.6. The number of Topliss-reactive ketones (excluding diaryl/α,β-unsaturated/α-hetero) is 1. The second kappa shape index (κ2) is 13.3. The fraction of sp³-hybridized carbons (Fsp3) is 0.564. The molecule has 2 aromatic rings. The van der Waals surface area contributed by atoms with Crippen molar-refractivity contribution in [3.05, 3.63) is 71.2 Å². The number of furan rings is 1. The molecular formula is C39H46O13. The number of hydrogen-bond donors (Lipinski definition) is 2. The SMILES string of the molecule is CC(=O)O[C@H]1C(=O)[C@]2(C)CC[C@H]3OC[C@@]3(OC(C)=O)[C@H]2[C@H](OC(=O)c2ccccc2)[C@]2(O)CC(OC(=O)[C@H](O)[C@@H](C)c3ccco3)C(C)=C1C2(C)C. The molecule has 1 aromatic heterocycles. The molecule has 1 aliphatic heterocycles. The molecule has 6 rings (SSSR count). The second-order valence-corrected chi connectivity index (χ2v) is 15.4. The van der Waals surface area contributed by atoms with E-state index in [4.69, 9.17) is 28.1 Å². The molecule has 0 spiro atoms. The van der Waals surface area contributed by atoms with Crippen molar-refractivity contribution in [3.8, 4) is 0 Å². The molecule has 2 N–H and O–H groups in total. The van der Waals surface area contributed by atoms with E-state index in [1.807, 2.05) is 0 Å². The number of esters is 4. The molecule has 13 nitrogen and oxygen atoms in total. The molecule has 1 unspecified atom stereocenters. The number of aliphatic hydroxyl groups is 2. The van der Waals surface area contributed by atoms with E-state index >= 15 is 4.79 Å². The van der Waals surface area contributed by atoms with E-state index in [2.05, 4.69) is 0 Å². The molecule has 4 aliphatic rings. The molecule has 2 bridgehead atoms. The predicted molar refractivity (Wildman–Crippen MR) is 180 cm³/mol. The number of ether oxygens (including phenoxy) is 5. The summed E-state index contributed by atoms with van der Waals surface area (Å²) in [5, 5.41) is 24.5. The minimum absolute atomic E-state index is 0.152. The zero-order valence-corrected chi connectivity index (χ0v) is 30.4. The van der Waals surface area contributed by atoms with Gasteiger partial charge in [-0.05, 0) is 55.2 Å². The first-order valence-electron chi connectivity index (χ1n) is 17.5. The second-order valence-electron chi connectivity index (χ2n) is 15.4. The quantitative estimate of drug-likeness (QED) is 0.227. The van der Waals surface area contributed by atoms with Crippen LogP contribution in [-0.2, 0) is 42.9 Å². The Morgan fingerprint density at radius 3 is 2.23 bits per heavy atom. The number of aliphatic hydroxyl groups excluding tert-OH is 1. The topological polar surface area (TPSA) is 185 Å². The first kappa shape index (κ1) is 37.4. The summed E-state index contributed by atoms with van der Waals surface area (Å²) in [6.07, 6.45) is -5.36. The Labute approximate surface area is 301 Å². The molecule has 1 saturated heterocycles. The van der Waals surface area contributed by atoms with Gasteiger partial charge in [0.1, 0.15) is 29.7 Å². The molecule has 0 radical (unpaired) electrons. The molecule has 13 heteroatoms. The van der Waals surface area contributed by atoms with Gasteiger partial charge in [-0.15, -0.1) is 0 Å². The minimum Gasteiger partial charge on any atom is -0.469 e. The molecule has 52 heavy (non-hydrogen) atoms. The molecular weight excluding hydrogens is 676 g/mol. The van der Waals surface area contributed by atoms with Crippen molar-refractivity contribution in [1.82, 2.24) is 0 Å². The first-order chi connectivity index (χ1) is 24.4. The van der Waals surface area contributed by atoms with Crippen LogP contribution in [0.15, 0.2) is 64.3 Å². The third kappa shape index (κ3) is 5.77. The molecule has 10 atom stereocenters. The Morgan fingerprint density at radius 1 is 0.962 bits per heavy atom. The van der Waals surface area contributed by atoms with Crippen LogP contribution < -0.4 is 0 Å². The number of hydrogen-bond acceptors (Lipinski definition) is 13. The number of ketones is 1. The van der Waals surface area contributed by atoms with Gasteiger partial charge >= 0.3 is 23.9 Å². The van der Waals surface area contributed by atoms with Crippen molar-refractivity contribution in [2.24, 2.45) is 16.7 Å². The van der Waals surface area contributed by atoms with E-state index in [9.17, 15) is 29.4 Å². The third-order valence-corrected chi connectivity index (χ3v) is 12.0. The Bertz CT molecular complexity index is 1780. The summed E-state index contributed by atoms with van der Waals surface area (Å²) in [5.41, 5.74) is -6.06. The van der Waals surface area contributed by atoms with Crippen molar-refractivity contribution >= 4 is 29.7 Å². The van der Waals surface area contributed by atoms with Crippen LogP contribution in [-0.4, -0.2) is 88.2 Å². The summed E-state index contributed by atoms with van der Waals surface area (Å²) in [4.78, 5) is 68.5. The van der Waals surface area contributed by atoms with Gasteiger partial charge in [0.25, 0.3) is 0 Å². The van der Waals surface area contributed by atoms with Crippen LogP contribution in [0.25, 0.3) is 0 Å². The number of carbonyl (C=O) groups is 5. The average Bonchev–Trinajstić information content (AvgIpc) is 3.62. The zero-order chi connectivity index (χ0) is 38.0. The van der Waals surface area contributed by atoms with Crippen LogP contribution >= 0.6 is 0 Å². The van der Waals surface area contributed by atoms with Gasteiger partial charge in [-0.3, -0.25) is 14.4 Å². The van der Waals surface area contributed by atoms with Crippen molar-refractivity contribution < 1.29 is 62.3 Å². The van der Waals surface area contributed by atoms with E-state index in [0.29, 0.717) is 11.3 Å². The third-order valence-electron chi connectivity index (χ3n) is 12.0. The normalized spacial score (nSPS) is 34.6. The summed E-state index contributed by atoms with van der Waals surface area (Å²) in [6, 6.07) is 11.3. The van der Waals surface area contributed by atoms with Crippen LogP contribution in [0.2, 0.25) is 0 Å².